The van der Waals surface area contributed by atoms with Gasteiger partial charge in [-0.2, -0.15) is 13.2 Å². The molecule has 2 rings (SSSR count). The Labute approximate surface area is 102 Å². The number of anilines is 1. The molecule has 0 bridgehead atoms. The monoisotopic (exact) mass is 259 g/mol. The summed E-state index contributed by atoms with van der Waals surface area (Å²) in [6, 6.07) is 3.26. The number of carbonyl (C=O) groups is 1. The number of alkyl halides is 3. The van der Waals surface area contributed by atoms with Gasteiger partial charge in [0.25, 0.3) is 0 Å². The van der Waals surface area contributed by atoms with E-state index in [4.69, 9.17) is 5.73 Å². The van der Waals surface area contributed by atoms with Gasteiger partial charge < -0.3 is 11.1 Å². The fourth-order valence-electron chi connectivity index (χ4n) is 1.87. The van der Waals surface area contributed by atoms with Crippen LogP contribution in [-0.2, 0) is 12.7 Å². The molecule has 0 aromatic heterocycles. The van der Waals surface area contributed by atoms with Gasteiger partial charge in [-0.3, -0.25) is 4.90 Å². The van der Waals surface area contributed by atoms with Gasteiger partial charge in [-0.15, -0.1) is 0 Å². The molecule has 18 heavy (non-hydrogen) atoms. The molecule has 1 saturated heterocycles. The largest absolute Gasteiger partial charge is 0.418 e. The minimum absolute atomic E-state index is 0.0234. The van der Waals surface area contributed by atoms with Gasteiger partial charge in [0.15, 0.2) is 0 Å². The second-order valence-electron chi connectivity index (χ2n) is 3.94. The van der Waals surface area contributed by atoms with E-state index in [2.05, 4.69) is 5.32 Å². The quantitative estimate of drug-likeness (QED) is 0.849. The summed E-state index contributed by atoms with van der Waals surface area (Å²) in [5.41, 5.74) is 4.75. The number of rotatable bonds is 2. The van der Waals surface area contributed by atoms with Crippen LogP contribution in [0.1, 0.15) is 11.1 Å². The summed E-state index contributed by atoms with van der Waals surface area (Å²) in [4.78, 5) is 12.5. The maximum Gasteiger partial charge on any atom is 0.418 e. The predicted octanol–water partition coefficient (Wildman–Crippen LogP) is 1.69. The first kappa shape index (κ1) is 12.7. The van der Waals surface area contributed by atoms with Gasteiger partial charge in [0.2, 0.25) is 0 Å². The van der Waals surface area contributed by atoms with Crippen LogP contribution in [0.2, 0.25) is 0 Å². The number of halogens is 3. The van der Waals surface area contributed by atoms with Crippen LogP contribution in [-0.4, -0.2) is 19.1 Å². The molecule has 0 spiro atoms. The number of carbonyl (C=O) groups excluding carboxylic acids is 1. The highest BCUT2D eigenvalue weighted by molar-refractivity contribution is 5.95. The van der Waals surface area contributed by atoms with E-state index in [-0.39, 0.29) is 18.8 Å². The van der Waals surface area contributed by atoms with Crippen LogP contribution >= 0.6 is 0 Å². The van der Waals surface area contributed by atoms with Crippen molar-refractivity contribution in [2.45, 2.75) is 12.7 Å². The number of nitrogens with two attached hydrogens (primary N) is 1. The van der Waals surface area contributed by atoms with E-state index >= 15 is 0 Å². The number of benzene rings is 1. The zero-order valence-corrected chi connectivity index (χ0v) is 9.42. The molecule has 98 valence electrons. The first-order valence-corrected chi connectivity index (χ1v) is 5.39. The lowest BCUT2D eigenvalue weighted by Crippen LogP contribution is -2.29. The van der Waals surface area contributed by atoms with Crippen LogP contribution in [0.25, 0.3) is 0 Å². The van der Waals surface area contributed by atoms with E-state index < -0.39 is 17.8 Å². The highest BCUT2D eigenvalue weighted by Gasteiger charge is 2.37. The van der Waals surface area contributed by atoms with E-state index in [1.54, 1.807) is 0 Å². The highest BCUT2D eigenvalue weighted by atomic mass is 19.4. The van der Waals surface area contributed by atoms with Crippen molar-refractivity contribution in [3.8, 4) is 0 Å². The molecule has 3 N–H and O–H groups in total. The van der Waals surface area contributed by atoms with E-state index in [0.717, 1.165) is 11.0 Å². The Morgan fingerprint density at radius 3 is 2.61 bits per heavy atom. The standard InChI is InChI=1S/C11H12F3N3O/c12-11(13,14)8-5-7(6-15)1-2-9(8)17-4-3-16-10(17)18/h1-2,5H,3-4,6,15H2,(H,16,18). The van der Waals surface area contributed by atoms with Crippen molar-refractivity contribution in [2.75, 3.05) is 18.0 Å². The molecular weight excluding hydrogens is 247 g/mol. The van der Waals surface area contributed by atoms with Crippen molar-refractivity contribution >= 4 is 11.7 Å². The maximum absolute atomic E-state index is 12.9. The zero-order chi connectivity index (χ0) is 13.3. The summed E-state index contributed by atoms with van der Waals surface area (Å²) < 4.78 is 38.8. The molecule has 1 aromatic carbocycles. The Balaban J connectivity index is 2.49. The van der Waals surface area contributed by atoms with Crippen LogP contribution in [0.4, 0.5) is 23.7 Å². The van der Waals surface area contributed by atoms with Crippen molar-refractivity contribution < 1.29 is 18.0 Å². The molecule has 1 aliphatic rings. The third-order valence-electron chi connectivity index (χ3n) is 2.75. The lowest BCUT2D eigenvalue weighted by molar-refractivity contribution is -0.137. The maximum atomic E-state index is 12.9. The normalized spacial score (nSPS) is 16.0. The number of urea groups is 1. The molecule has 1 fully saturated rings. The zero-order valence-electron chi connectivity index (χ0n) is 9.42. The van der Waals surface area contributed by atoms with E-state index in [9.17, 15) is 18.0 Å². The third kappa shape index (κ3) is 2.26. The van der Waals surface area contributed by atoms with Gasteiger partial charge in [-0.25, -0.2) is 4.79 Å². The third-order valence-corrected chi connectivity index (χ3v) is 2.75. The van der Waals surface area contributed by atoms with Crippen molar-refractivity contribution in [1.29, 1.82) is 0 Å². The Kier molecular flexibility index (Phi) is 3.16. The number of nitrogens with zero attached hydrogens (tertiary/aromatic N) is 1. The van der Waals surface area contributed by atoms with Gasteiger partial charge in [0.1, 0.15) is 0 Å². The van der Waals surface area contributed by atoms with E-state index in [1.165, 1.54) is 12.1 Å². The fraction of sp³-hybridized carbons (Fsp3) is 0.364. The van der Waals surface area contributed by atoms with Gasteiger partial charge in [0.05, 0.1) is 11.3 Å². The van der Waals surface area contributed by atoms with Crippen LogP contribution in [0.15, 0.2) is 18.2 Å². The number of hydrogen-bond donors (Lipinski definition) is 2. The lowest BCUT2D eigenvalue weighted by Gasteiger charge is -2.20. The Morgan fingerprint density at radius 2 is 2.11 bits per heavy atom. The molecule has 1 aromatic rings. The van der Waals surface area contributed by atoms with Crippen molar-refractivity contribution in [2.24, 2.45) is 5.73 Å². The molecule has 0 unspecified atom stereocenters. The second kappa shape index (κ2) is 4.49. The molecule has 0 atom stereocenters. The molecule has 7 heteroatoms. The molecular formula is C11H12F3N3O. The summed E-state index contributed by atoms with van der Waals surface area (Å²) in [5, 5.41) is 2.47. The predicted molar refractivity (Wildman–Crippen MR) is 60.1 cm³/mol. The molecule has 0 radical (unpaired) electrons. The first-order valence-electron chi connectivity index (χ1n) is 5.39. The molecule has 0 saturated carbocycles. The summed E-state index contributed by atoms with van der Waals surface area (Å²) in [6.45, 7) is 0.591. The molecule has 1 aliphatic heterocycles. The van der Waals surface area contributed by atoms with Gasteiger partial charge in [0, 0.05) is 19.6 Å². The van der Waals surface area contributed by atoms with E-state index in [1.807, 2.05) is 0 Å². The second-order valence-corrected chi connectivity index (χ2v) is 3.94. The smallest absolute Gasteiger partial charge is 0.336 e. The number of amides is 2. The van der Waals surface area contributed by atoms with Gasteiger partial charge >= 0.3 is 12.2 Å². The number of hydrogen-bond acceptors (Lipinski definition) is 2. The van der Waals surface area contributed by atoms with Crippen LogP contribution in [0.5, 0.6) is 0 Å². The minimum atomic E-state index is -4.51. The Bertz CT molecular complexity index is 473. The topological polar surface area (TPSA) is 58.4 Å². The van der Waals surface area contributed by atoms with Crippen LogP contribution in [0.3, 0.4) is 0 Å². The first-order chi connectivity index (χ1) is 8.43. The highest BCUT2D eigenvalue weighted by Crippen LogP contribution is 2.37. The average molecular weight is 259 g/mol. The molecule has 1 heterocycles. The van der Waals surface area contributed by atoms with Crippen LogP contribution in [0, 0.1) is 0 Å². The fourth-order valence-corrected chi connectivity index (χ4v) is 1.87. The molecule has 0 aliphatic carbocycles. The summed E-state index contributed by atoms with van der Waals surface area (Å²) in [5.74, 6) is 0. The van der Waals surface area contributed by atoms with Crippen molar-refractivity contribution in [3.63, 3.8) is 0 Å². The summed E-state index contributed by atoms with van der Waals surface area (Å²) >= 11 is 0. The molecule has 2 amide bonds. The minimum Gasteiger partial charge on any atom is -0.336 e. The molecule has 4 nitrogen and oxygen atoms in total. The summed E-state index contributed by atoms with van der Waals surface area (Å²) in [6.07, 6.45) is -4.51. The van der Waals surface area contributed by atoms with Crippen LogP contribution < -0.4 is 16.0 Å². The van der Waals surface area contributed by atoms with Gasteiger partial charge in [-0.05, 0) is 17.7 Å². The SMILES string of the molecule is NCc1ccc(N2CCNC2=O)c(C(F)(F)F)c1. The van der Waals surface area contributed by atoms with Crippen molar-refractivity contribution in [1.82, 2.24) is 5.32 Å². The average Bonchev–Trinajstić information content (AvgIpc) is 2.73. The van der Waals surface area contributed by atoms with E-state index in [0.29, 0.717) is 12.1 Å². The van der Waals surface area contributed by atoms with Crippen molar-refractivity contribution in [3.05, 3.63) is 29.3 Å². The summed E-state index contributed by atoms with van der Waals surface area (Å²) in [7, 11) is 0. The van der Waals surface area contributed by atoms with Gasteiger partial charge in [-0.1, -0.05) is 6.07 Å². The number of nitrogens with one attached hydrogen (secondary N) is 1. The Hall–Kier alpha value is -1.76. The lowest BCUT2D eigenvalue weighted by atomic mass is 10.1. The Morgan fingerprint density at radius 1 is 1.39 bits per heavy atom.